The highest BCUT2D eigenvalue weighted by atomic mass is 16.6. The van der Waals surface area contributed by atoms with Crippen LogP contribution in [-0.4, -0.2) is 60.0 Å². The van der Waals surface area contributed by atoms with E-state index < -0.39 is 0 Å². The van der Waals surface area contributed by atoms with Crippen LogP contribution in [0.5, 0.6) is 0 Å². The first-order valence-electron chi connectivity index (χ1n) is 11.0. The van der Waals surface area contributed by atoms with Gasteiger partial charge in [-0.05, 0) is 43.2 Å². The van der Waals surface area contributed by atoms with Crippen molar-refractivity contribution in [3.63, 3.8) is 0 Å². The Morgan fingerprint density at radius 2 is 1.62 bits per heavy atom. The van der Waals surface area contributed by atoms with Gasteiger partial charge in [0.25, 0.3) is 11.6 Å². The summed E-state index contributed by atoms with van der Waals surface area (Å²) >= 11 is 0. The molecule has 0 radical (unpaired) electrons. The van der Waals surface area contributed by atoms with Crippen molar-refractivity contribution in [1.82, 2.24) is 9.88 Å². The van der Waals surface area contributed by atoms with E-state index in [1.54, 1.807) is 17.0 Å². The number of anilines is 2. The molecular weight excluding hydrogens is 406 g/mol. The van der Waals surface area contributed by atoms with Crippen molar-refractivity contribution < 1.29 is 9.72 Å². The number of carbonyl (C=O) groups excluding carboxylic acids is 1. The van der Waals surface area contributed by atoms with Crippen LogP contribution >= 0.6 is 0 Å². The van der Waals surface area contributed by atoms with Gasteiger partial charge in [-0.3, -0.25) is 14.9 Å². The summed E-state index contributed by atoms with van der Waals surface area (Å²) in [4.78, 5) is 35.1. The number of hydrogen-bond acceptors (Lipinski definition) is 6. The average Bonchev–Trinajstić information content (AvgIpc) is 3.38. The molecule has 0 unspecified atom stereocenters. The second-order valence-corrected chi connectivity index (χ2v) is 8.30. The van der Waals surface area contributed by atoms with Gasteiger partial charge in [-0.15, -0.1) is 0 Å². The summed E-state index contributed by atoms with van der Waals surface area (Å²) in [6, 6.07) is 17.0. The van der Waals surface area contributed by atoms with Gasteiger partial charge >= 0.3 is 0 Å². The fraction of sp³-hybridized carbons (Fsp3) is 0.333. The summed E-state index contributed by atoms with van der Waals surface area (Å²) in [5.74, 6) is 0.744. The number of rotatable bonds is 4. The fourth-order valence-electron chi connectivity index (χ4n) is 4.58. The minimum atomic E-state index is -0.381. The molecule has 2 aliphatic heterocycles. The maximum atomic E-state index is 13.1. The predicted molar refractivity (Wildman–Crippen MR) is 124 cm³/mol. The standard InChI is InChI=1S/C24H25N5O3/c30-24(19-7-9-21(22(17-19)29(31)32)26-11-3-4-12-26)28-15-13-27(14-16-28)23-10-8-18-5-1-2-6-20(18)25-23/h1-2,5-10,17H,3-4,11-16H2. The largest absolute Gasteiger partial charge is 0.366 e. The zero-order chi connectivity index (χ0) is 22.1. The molecule has 0 spiro atoms. The quantitative estimate of drug-likeness (QED) is 0.463. The Kier molecular flexibility index (Phi) is 5.34. The monoisotopic (exact) mass is 431 g/mol. The van der Waals surface area contributed by atoms with E-state index in [0.29, 0.717) is 37.4 Å². The molecule has 0 bridgehead atoms. The van der Waals surface area contributed by atoms with Crippen molar-refractivity contribution in [2.45, 2.75) is 12.8 Å². The molecule has 3 heterocycles. The van der Waals surface area contributed by atoms with Gasteiger partial charge in [0.15, 0.2) is 0 Å². The normalized spacial score (nSPS) is 16.6. The van der Waals surface area contributed by atoms with Gasteiger partial charge in [-0.2, -0.15) is 0 Å². The van der Waals surface area contributed by atoms with E-state index in [1.807, 2.05) is 35.2 Å². The number of amides is 1. The van der Waals surface area contributed by atoms with Crippen molar-refractivity contribution in [2.75, 3.05) is 49.1 Å². The lowest BCUT2D eigenvalue weighted by atomic mass is 10.1. The Balaban J connectivity index is 1.29. The molecule has 0 saturated carbocycles. The van der Waals surface area contributed by atoms with Crippen LogP contribution in [-0.2, 0) is 0 Å². The van der Waals surface area contributed by atoms with Crippen LogP contribution in [0.4, 0.5) is 17.2 Å². The van der Waals surface area contributed by atoms with Crippen molar-refractivity contribution in [2.24, 2.45) is 0 Å². The third-order valence-corrected chi connectivity index (χ3v) is 6.34. The van der Waals surface area contributed by atoms with Crippen molar-refractivity contribution >= 4 is 34.0 Å². The highest BCUT2D eigenvalue weighted by molar-refractivity contribution is 5.96. The zero-order valence-electron chi connectivity index (χ0n) is 17.8. The number of nitro groups is 1. The summed E-state index contributed by atoms with van der Waals surface area (Å²) in [5, 5.41) is 12.8. The number of para-hydroxylation sites is 1. The molecule has 5 rings (SSSR count). The van der Waals surface area contributed by atoms with E-state index in [-0.39, 0.29) is 16.5 Å². The van der Waals surface area contributed by atoms with Gasteiger partial charge in [-0.25, -0.2) is 4.98 Å². The first-order valence-corrected chi connectivity index (χ1v) is 11.0. The van der Waals surface area contributed by atoms with E-state index in [9.17, 15) is 14.9 Å². The van der Waals surface area contributed by atoms with Crippen LogP contribution in [0.25, 0.3) is 10.9 Å². The van der Waals surface area contributed by atoms with E-state index in [4.69, 9.17) is 4.98 Å². The van der Waals surface area contributed by atoms with E-state index in [0.717, 1.165) is 42.7 Å². The van der Waals surface area contributed by atoms with E-state index >= 15 is 0 Å². The second kappa shape index (κ2) is 8.45. The summed E-state index contributed by atoms with van der Waals surface area (Å²) in [7, 11) is 0. The lowest BCUT2D eigenvalue weighted by Gasteiger charge is -2.35. The SMILES string of the molecule is O=C(c1ccc(N2CCCC2)c([N+](=O)[O-])c1)N1CCN(c2ccc3ccccc3n2)CC1. The van der Waals surface area contributed by atoms with Crippen LogP contribution in [0.2, 0.25) is 0 Å². The zero-order valence-corrected chi connectivity index (χ0v) is 17.8. The molecular formula is C24H25N5O3. The number of pyridine rings is 1. The first-order chi connectivity index (χ1) is 15.6. The molecule has 1 aromatic heterocycles. The van der Waals surface area contributed by atoms with Gasteiger partial charge < -0.3 is 14.7 Å². The maximum absolute atomic E-state index is 13.1. The summed E-state index contributed by atoms with van der Waals surface area (Å²) in [6.07, 6.45) is 2.07. The highest BCUT2D eigenvalue weighted by Crippen LogP contribution is 2.32. The number of nitrogens with zero attached hydrogens (tertiary/aromatic N) is 5. The molecule has 1 amide bonds. The number of nitro benzene ring substituents is 1. The minimum absolute atomic E-state index is 0.0109. The highest BCUT2D eigenvalue weighted by Gasteiger charge is 2.27. The molecule has 8 heteroatoms. The van der Waals surface area contributed by atoms with Crippen LogP contribution in [0.1, 0.15) is 23.2 Å². The average molecular weight is 431 g/mol. The Morgan fingerprint density at radius 1 is 0.875 bits per heavy atom. The number of aromatic nitrogens is 1. The summed E-state index contributed by atoms with van der Waals surface area (Å²) < 4.78 is 0. The Bertz CT molecular complexity index is 1170. The second-order valence-electron chi connectivity index (χ2n) is 8.30. The van der Waals surface area contributed by atoms with Gasteiger partial charge in [0.2, 0.25) is 0 Å². The van der Waals surface area contributed by atoms with Gasteiger partial charge in [-0.1, -0.05) is 18.2 Å². The van der Waals surface area contributed by atoms with Crippen LogP contribution in [0.15, 0.2) is 54.6 Å². The molecule has 2 aliphatic rings. The van der Waals surface area contributed by atoms with Crippen molar-refractivity contribution in [3.8, 4) is 0 Å². The molecule has 2 aromatic carbocycles. The predicted octanol–water partition coefficient (Wildman–Crippen LogP) is 3.71. The number of hydrogen-bond donors (Lipinski definition) is 0. The van der Waals surface area contributed by atoms with Crippen LogP contribution in [0.3, 0.4) is 0 Å². The number of carbonyl (C=O) groups is 1. The minimum Gasteiger partial charge on any atom is -0.366 e. The Morgan fingerprint density at radius 3 is 2.38 bits per heavy atom. The Labute approximate surface area is 186 Å². The van der Waals surface area contributed by atoms with Crippen molar-refractivity contribution in [1.29, 1.82) is 0 Å². The summed E-state index contributed by atoms with van der Waals surface area (Å²) in [6.45, 7) is 4.08. The third-order valence-electron chi connectivity index (χ3n) is 6.34. The molecule has 8 nitrogen and oxygen atoms in total. The van der Waals surface area contributed by atoms with Crippen LogP contribution < -0.4 is 9.80 Å². The molecule has 3 aromatic rings. The molecule has 32 heavy (non-hydrogen) atoms. The molecule has 2 fully saturated rings. The molecule has 0 N–H and O–H groups in total. The lowest BCUT2D eigenvalue weighted by molar-refractivity contribution is -0.384. The van der Waals surface area contributed by atoms with Crippen LogP contribution in [0, 0.1) is 10.1 Å². The molecule has 2 saturated heterocycles. The maximum Gasteiger partial charge on any atom is 0.293 e. The van der Waals surface area contributed by atoms with E-state index in [1.165, 1.54) is 6.07 Å². The van der Waals surface area contributed by atoms with Crippen molar-refractivity contribution in [3.05, 3.63) is 70.3 Å². The first kappa shape index (κ1) is 20.2. The number of fused-ring (bicyclic) bond motifs is 1. The van der Waals surface area contributed by atoms with Gasteiger partial charge in [0.05, 0.1) is 10.4 Å². The fourth-order valence-corrected chi connectivity index (χ4v) is 4.58. The van der Waals surface area contributed by atoms with Gasteiger partial charge in [0, 0.05) is 56.3 Å². The molecule has 0 atom stereocenters. The number of benzene rings is 2. The lowest BCUT2D eigenvalue weighted by Crippen LogP contribution is -2.49. The Hall–Kier alpha value is -3.68. The topological polar surface area (TPSA) is 82.8 Å². The molecule has 0 aliphatic carbocycles. The smallest absolute Gasteiger partial charge is 0.293 e. The van der Waals surface area contributed by atoms with Gasteiger partial charge in [0.1, 0.15) is 11.5 Å². The third kappa shape index (κ3) is 3.84. The molecule has 164 valence electrons. The summed E-state index contributed by atoms with van der Waals surface area (Å²) in [5.41, 5.74) is 1.94. The number of piperazine rings is 1. The van der Waals surface area contributed by atoms with E-state index in [2.05, 4.69) is 11.0 Å².